The maximum Gasteiger partial charge on any atom is 0.233 e. The summed E-state index contributed by atoms with van der Waals surface area (Å²) in [7, 11) is 0. The fourth-order valence-electron chi connectivity index (χ4n) is 4.85. The Balaban J connectivity index is 1.60. The minimum Gasteiger partial charge on any atom is -0.355 e. The van der Waals surface area contributed by atoms with Crippen molar-refractivity contribution in [2.45, 2.75) is 51.0 Å². The van der Waals surface area contributed by atoms with Crippen LogP contribution in [0.3, 0.4) is 0 Å². The van der Waals surface area contributed by atoms with Gasteiger partial charge in [-0.05, 0) is 63.2 Å². The number of carbonyl (C=O) groups is 1. The van der Waals surface area contributed by atoms with Crippen molar-refractivity contribution in [2.24, 2.45) is 17.8 Å². The zero-order valence-electron chi connectivity index (χ0n) is 10.8. The fraction of sp³-hybridized carbons (Fsp3) is 0.929. The van der Waals surface area contributed by atoms with Crippen molar-refractivity contribution in [3.8, 4) is 0 Å². The molecule has 0 spiro atoms. The van der Waals surface area contributed by atoms with Gasteiger partial charge in [-0.3, -0.25) is 4.79 Å². The van der Waals surface area contributed by atoms with E-state index in [9.17, 15) is 4.79 Å². The summed E-state index contributed by atoms with van der Waals surface area (Å²) in [6.45, 7) is 3.23. The molecule has 4 bridgehead atoms. The van der Waals surface area contributed by atoms with Gasteiger partial charge in [0.1, 0.15) is 0 Å². The van der Waals surface area contributed by atoms with Gasteiger partial charge in [0.05, 0.1) is 6.54 Å². The van der Waals surface area contributed by atoms with E-state index < -0.39 is 0 Å². The number of rotatable bonds is 4. The van der Waals surface area contributed by atoms with Gasteiger partial charge in [0.15, 0.2) is 0 Å². The molecule has 0 unspecified atom stereocenters. The number of hydrogen-bond donors (Lipinski definition) is 2. The lowest BCUT2D eigenvalue weighted by molar-refractivity contribution is -0.121. The van der Waals surface area contributed by atoms with Crippen molar-refractivity contribution < 1.29 is 4.79 Å². The molecule has 0 heterocycles. The van der Waals surface area contributed by atoms with Gasteiger partial charge in [-0.2, -0.15) is 0 Å². The normalized spacial score (nSPS) is 42.8. The third kappa shape index (κ3) is 2.22. The van der Waals surface area contributed by atoms with Gasteiger partial charge in [0, 0.05) is 12.1 Å². The van der Waals surface area contributed by atoms with Crippen molar-refractivity contribution in [3.05, 3.63) is 0 Å². The van der Waals surface area contributed by atoms with Gasteiger partial charge < -0.3 is 10.6 Å². The summed E-state index contributed by atoms with van der Waals surface area (Å²) < 4.78 is 0. The van der Waals surface area contributed by atoms with E-state index in [-0.39, 0.29) is 5.91 Å². The lowest BCUT2D eigenvalue weighted by Crippen LogP contribution is -2.59. The summed E-state index contributed by atoms with van der Waals surface area (Å²) in [5.74, 6) is 3.00. The molecule has 0 saturated heterocycles. The fourth-order valence-corrected chi connectivity index (χ4v) is 4.85. The third-order valence-corrected chi connectivity index (χ3v) is 5.04. The molecule has 4 saturated carbocycles. The molecule has 0 aromatic carbocycles. The first-order chi connectivity index (χ1) is 8.19. The summed E-state index contributed by atoms with van der Waals surface area (Å²) in [4.78, 5) is 11.6. The number of amides is 1. The Bertz CT molecular complexity index is 278. The Labute approximate surface area is 104 Å². The van der Waals surface area contributed by atoms with Crippen LogP contribution in [0.5, 0.6) is 0 Å². The van der Waals surface area contributed by atoms with E-state index >= 15 is 0 Å². The van der Waals surface area contributed by atoms with Crippen LogP contribution < -0.4 is 10.6 Å². The van der Waals surface area contributed by atoms with E-state index in [0.29, 0.717) is 12.1 Å². The molecule has 96 valence electrons. The Morgan fingerprint density at radius 3 is 2.12 bits per heavy atom. The quantitative estimate of drug-likeness (QED) is 0.780. The third-order valence-electron chi connectivity index (χ3n) is 5.04. The monoisotopic (exact) mass is 236 g/mol. The number of carbonyl (C=O) groups excluding carboxylic acids is 1. The SMILES string of the molecule is CCNC(=O)CNC12CC3CC(CC(C3)C1)C2. The van der Waals surface area contributed by atoms with Crippen LogP contribution in [0.4, 0.5) is 0 Å². The average Bonchev–Trinajstić information content (AvgIpc) is 2.25. The van der Waals surface area contributed by atoms with Crippen molar-refractivity contribution >= 4 is 5.91 Å². The highest BCUT2D eigenvalue weighted by Crippen LogP contribution is 2.55. The van der Waals surface area contributed by atoms with Gasteiger partial charge in [-0.25, -0.2) is 0 Å². The van der Waals surface area contributed by atoms with E-state index in [4.69, 9.17) is 0 Å². The first-order valence-electron chi connectivity index (χ1n) is 7.21. The second-order valence-electron chi connectivity index (χ2n) is 6.50. The van der Waals surface area contributed by atoms with Gasteiger partial charge in [0.2, 0.25) is 5.91 Å². The highest BCUT2D eigenvalue weighted by atomic mass is 16.1. The molecule has 4 aliphatic carbocycles. The van der Waals surface area contributed by atoms with E-state index in [1.54, 1.807) is 0 Å². The summed E-state index contributed by atoms with van der Waals surface area (Å²) >= 11 is 0. The molecule has 0 radical (unpaired) electrons. The van der Waals surface area contributed by atoms with Crippen molar-refractivity contribution in [2.75, 3.05) is 13.1 Å². The Morgan fingerprint density at radius 1 is 1.12 bits per heavy atom. The second-order valence-corrected chi connectivity index (χ2v) is 6.50. The van der Waals surface area contributed by atoms with Crippen LogP contribution in [0, 0.1) is 17.8 Å². The topological polar surface area (TPSA) is 41.1 Å². The standard InChI is InChI=1S/C14H24N2O/c1-2-15-13(17)9-16-14-6-10-3-11(7-14)5-12(4-10)8-14/h10-12,16H,2-9H2,1H3,(H,15,17). The molecule has 3 heteroatoms. The predicted octanol–water partition coefficient (Wildman–Crippen LogP) is 1.68. The lowest BCUT2D eigenvalue weighted by atomic mass is 9.53. The lowest BCUT2D eigenvalue weighted by Gasteiger charge is -2.57. The molecule has 0 atom stereocenters. The summed E-state index contributed by atoms with van der Waals surface area (Å²) in [6, 6.07) is 0. The van der Waals surface area contributed by atoms with E-state index in [1.807, 2.05) is 6.92 Å². The van der Waals surface area contributed by atoms with Crippen molar-refractivity contribution in [1.29, 1.82) is 0 Å². The minimum atomic E-state index is 0.156. The van der Waals surface area contributed by atoms with Crippen LogP contribution in [-0.4, -0.2) is 24.5 Å². The summed E-state index contributed by atoms with van der Waals surface area (Å²) in [6.07, 6.45) is 8.33. The predicted molar refractivity (Wildman–Crippen MR) is 67.6 cm³/mol. The second kappa shape index (κ2) is 4.27. The molecule has 4 aliphatic rings. The van der Waals surface area contributed by atoms with Crippen LogP contribution in [0.1, 0.15) is 45.4 Å². The first kappa shape index (κ1) is 11.5. The van der Waals surface area contributed by atoms with Crippen LogP contribution >= 0.6 is 0 Å². The zero-order valence-corrected chi connectivity index (χ0v) is 10.8. The Kier molecular flexibility index (Phi) is 2.89. The highest BCUT2D eigenvalue weighted by Gasteiger charge is 2.50. The molecule has 0 aromatic heterocycles. The van der Waals surface area contributed by atoms with Crippen LogP contribution in [0.15, 0.2) is 0 Å². The van der Waals surface area contributed by atoms with Gasteiger partial charge in [0.25, 0.3) is 0 Å². The molecule has 1 amide bonds. The average molecular weight is 236 g/mol. The molecule has 0 aromatic rings. The highest BCUT2D eigenvalue weighted by molar-refractivity contribution is 5.78. The number of nitrogens with one attached hydrogen (secondary N) is 2. The Hall–Kier alpha value is -0.570. The van der Waals surface area contributed by atoms with Crippen molar-refractivity contribution in [3.63, 3.8) is 0 Å². The largest absolute Gasteiger partial charge is 0.355 e. The summed E-state index contributed by atoms with van der Waals surface area (Å²) in [5, 5.41) is 6.48. The summed E-state index contributed by atoms with van der Waals surface area (Å²) in [5.41, 5.74) is 0.319. The maximum absolute atomic E-state index is 11.6. The zero-order chi connectivity index (χ0) is 11.9. The van der Waals surface area contributed by atoms with Gasteiger partial charge in [-0.1, -0.05) is 0 Å². The van der Waals surface area contributed by atoms with E-state index in [0.717, 1.165) is 24.3 Å². The molecule has 4 fully saturated rings. The van der Waals surface area contributed by atoms with Gasteiger partial charge in [-0.15, -0.1) is 0 Å². The van der Waals surface area contributed by atoms with E-state index in [2.05, 4.69) is 10.6 Å². The molecular weight excluding hydrogens is 212 g/mol. The van der Waals surface area contributed by atoms with E-state index in [1.165, 1.54) is 38.5 Å². The van der Waals surface area contributed by atoms with Crippen LogP contribution in [-0.2, 0) is 4.79 Å². The molecule has 0 aliphatic heterocycles. The molecule has 17 heavy (non-hydrogen) atoms. The smallest absolute Gasteiger partial charge is 0.233 e. The van der Waals surface area contributed by atoms with Gasteiger partial charge >= 0.3 is 0 Å². The first-order valence-corrected chi connectivity index (χ1v) is 7.21. The number of hydrogen-bond acceptors (Lipinski definition) is 2. The Morgan fingerprint density at radius 2 is 1.65 bits per heavy atom. The molecule has 2 N–H and O–H groups in total. The van der Waals surface area contributed by atoms with Crippen molar-refractivity contribution in [1.82, 2.24) is 10.6 Å². The minimum absolute atomic E-state index is 0.156. The molecular formula is C14H24N2O. The van der Waals surface area contributed by atoms with Crippen LogP contribution in [0.25, 0.3) is 0 Å². The molecule has 3 nitrogen and oxygen atoms in total. The molecule has 4 rings (SSSR count). The number of likely N-dealkylation sites (N-methyl/N-ethyl adjacent to an activating group) is 1. The van der Waals surface area contributed by atoms with Crippen LogP contribution in [0.2, 0.25) is 0 Å². The maximum atomic E-state index is 11.6.